The van der Waals surface area contributed by atoms with Gasteiger partial charge >= 0.3 is 0 Å². The molecule has 0 fully saturated rings. The fraction of sp³-hybridized carbons (Fsp3) is 0.400. The van der Waals surface area contributed by atoms with Gasteiger partial charge in [-0.2, -0.15) is 14.9 Å². The Morgan fingerprint density at radius 1 is 1.38 bits per heavy atom. The lowest BCUT2D eigenvalue weighted by atomic mass is 10.2. The van der Waals surface area contributed by atoms with Crippen molar-refractivity contribution in [3.8, 4) is 5.75 Å². The number of nitrogens with one attached hydrogen (secondary N) is 1. The number of ether oxygens (including phenoxy) is 1. The summed E-state index contributed by atoms with van der Waals surface area (Å²) >= 11 is 5.15. The number of H-pyrrole nitrogens is 1. The molecule has 0 saturated carbocycles. The van der Waals surface area contributed by atoms with E-state index in [2.05, 4.69) is 29.1 Å². The van der Waals surface area contributed by atoms with E-state index in [1.807, 2.05) is 31.2 Å². The lowest BCUT2D eigenvalue weighted by Crippen LogP contribution is -2.04. The van der Waals surface area contributed by atoms with Crippen molar-refractivity contribution in [2.75, 3.05) is 6.61 Å². The standard InChI is InChI=1S/C15H20N4OS/c1-4-14-17-18-15(21)19(14)16-9-12-5-7-13(8-6-12)20-10-11(2)3/h5-9,11H,4,10H2,1-3H3,(H,18,21)/b16-9-. The molecule has 1 aromatic carbocycles. The third-order valence-electron chi connectivity index (χ3n) is 2.82. The summed E-state index contributed by atoms with van der Waals surface area (Å²) in [6.07, 6.45) is 2.53. The second kappa shape index (κ2) is 7.17. The highest BCUT2D eigenvalue weighted by atomic mass is 32.1. The maximum atomic E-state index is 5.65. The van der Waals surface area contributed by atoms with E-state index < -0.39 is 0 Å². The molecule has 0 aliphatic carbocycles. The molecule has 2 aromatic rings. The minimum Gasteiger partial charge on any atom is -0.493 e. The summed E-state index contributed by atoms with van der Waals surface area (Å²) in [4.78, 5) is 0. The van der Waals surface area contributed by atoms with E-state index in [-0.39, 0.29) is 0 Å². The summed E-state index contributed by atoms with van der Waals surface area (Å²) in [6, 6.07) is 7.82. The number of nitrogens with zero attached hydrogens (tertiary/aromatic N) is 3. The van der Waals surface area contributed by atoms with E-state index in [4.69, 9.17) is 17.0 Å². The molecule has 0 spiro atoms. The maximum absolute atomic E-state index is 5.65. The van der Waals surface area contributed by atoms with Gasteiger partial charge in [0.15, 0.2) is 5.82 Å². The van der Waals surface area contributed by atoms with Crippen molar-refractivity contribution in [2.45, 2.75) is 27.2 Å². The van der Waals surface area contributed by atoms with E-state index in [9.17, 15) is 0 Å². The van der Waals surface area contributed by atoms with Crippen LogP contribution in [0.3, 0.4) is 0 Å². The average Bonchev–Trinajstić information content (AvgIpc) is 2.84. The lowest BCUT2D eigenvalue weighted by molar-refractivity contribution is 0.271. The molecule has 1 heterocycles. The highest BCUT2D eigenvalue weighted by molar-refractivity contribution is 7.71. The van der Waals surface area contributed by atoms with E-state index in [1.54, 1.807) is 10.9 Å². The summed E-state index contributed by atoms with van der Waals surface area (Å²) in [5.41, 5.74) is 0.983. The van der Waals surface area contributed by atoms with Gasteiger partial charge in [-0.05, 0) is 48.0 Å². The quantitative estimate of drug-likeness (QED) is 0.657. The largest absolute Gasteiger partial charge is 0.493 e. The van der Waals surface area contributed by atoms with Crippen molar-refractivity contribution in [1.29, 1.82) is 0 Å². The van der Waals surface area contributed by atoms with Gasteiger partial charge in [-0.1, -0.05) is 20.8 Å². The first kappa shape index (κ1) is 15.4. The van der Waals surface area contributed by atoms with Gasteiger partial charge in [-0.25, -0.2) is 0 Å². The Balaban J connectivity index is 2.07. The molecule has 0 radical (unpaired) electrons. The van der Waals surface area contributed by atoms with Gasteiger partial charge in [-0.3, -0.25) is 5.10 Å². The Bertz CT molecular complexity index is 655. The van der Waals surface area contributed by atoms with Gasteiger partial charge in [0.25, 0.3) is 0 Å². The second-order valence-corrected chi connectivity index (χ2v) is 5.52. The lowest BCUT2D eigenvalue weighted by Gasteiger charge is -2.08. The predicted octanol–water partition coefficient (Wildman–Crippen LogP) is 3.42. The molecule has 0 bridgehead atoms. The van der Waals surface area contributed by atoms with Crippen molar-refractivity contribution in [2.24, 2.45) is 11.0 Å². The summed E-state index contributed by atoms with van der Waals surface area (Å²) in [7, 11) is 0. The fourth-order valence-corrected chi connectivity index (χ4v) is 1.91. The van der Waals surface area contributed by atoms with Crippen LogP contribution in [0, 0.1) is 10.7 Å². The molecule has 0 amide bonds. The monoisotopic (exact) mass is 304 g/mol. The molecule has 0 unspecified atom stereocenters. The molecule has 0 aliphatic heterocycles. The van der Waals surface area contributed by atoms with Gasteiger partial charge in [0.05, 0.1) is 12.8 Å². The van der Waals surface area contributed by atoms with E-state index in [1.165, 1.54) is 0 Å². The van der Waals surface area contributed by atoms with Crippen LogP contribution in [-0.4, -0.2) is 27.7 Å². The van der Waals surface area contributed by atoms with Crippen molar-refractivity contribution in [3.05, 3.63) is 40.4 Å². The maximum Gasteiger partial charge on any atom is 0.216 e. The van der Waals surface area contributed by atoms with Crippen LogP contribution in [0.2, 0.25) is 0 Å². The minimum atomic E-state index is 0.500. The molecule has 112 valence electrons. The molecule has 0 aliphatic rings. The average molecular weight is 304 g/mol. The third-order valence-corrected chi connectivity index (χ3v) is 3.08. The van der Waals surface area contributed by atoms with Crippen LogP contribution in [0.25, 0.3) is 0 Å². The first-order chi connectivity index (χ1) is 10.1. The Labute approximate surface area is 129 Å². The van der Waals surface area contributed by atoms with Gasteiger partial charge < -0.3 is 4.74 Å². The molecular formula is C15H20N4OS. The molecule has 2 rings (SSSR count). The van der Waals surface area contributed by atoms with Crippen molar-refractivity contribution < 1.29 is 4.74 Å². The summed E-state index contributed by atoms with van der Waals surface area (Å²) in [5.74, 6) is 2.20. The Hall–Kier alpha value is -1.95. The van der Waals surface area contributed by atoms with Crippen LogP contribution in [0.15, 0.2) is 29.4 Å². The van der Waals surface area contributed by atoms with Crippen LogP contribution in [0.5, 0.6) is 5.75 Å². The summed E-state index contributed by atoms with van der Waals surface area (Å²) in [5, 5.41) is 11.2. The number of aromatic amines is 1. The van der Waals surface area contributed by atoms with E-state index in [0.717, 1.165) is 30.2 Å². The Morgan fingerprint density at radius 2 is 2.10 bits per heavy atom. The number of aromatic nitrogens is 3. The number of aryl methyl sites for hydroxylation is 1. The molecule has 6 heteroatoms. The van der Waals surface area contributed by atoms with Crippen molar-refractivity contribution >= 4 is 18.4 Å². The normalized spacial score (nSPS) is 11.4. The van der Waals surface area contributed by atoms with Crippen molar-refractivity contribution in [3.63, 3.8) is 0 Å². The minimum absolute atomic E-state index is 0.500. The van der Waals surface area contributed by atoms with Gasteiger partial charge in [-0.15, -0.1) is 0 Å². The number of rotatable bonds is 6. The first-order valence-corrected chi connectivity index (χ1v) is 7.44. The molecule has 21 heavy (non-hydrogen) atoms. The number of hydrogen-bond donors (Lipinski definition) is 1. The van der Waals surface area contributed by atoms with Crippen molar-refractivity contribution in [1.82, 2.24) is 14.9 Å². The van der Waals surface area contributed by atoms with Crippen LogP contribution in [0.1, 0.15) is 32.2 Å². The van der Waals surface area contributed by atoms with E-state index in [0.29, 0.717) is 10.7 Å². The Kier molecular flexibility index (Phi) is 5.27. The highest BCUT2D eigenvalue weighted by Gasteiger charge is 2.01. The zero-order valence-corrected chi connectivity index (χ0v) is 13.4. The fourth-order valence-electron chi connectivity index (χ4n) is 1.71. The predicted molar refractivity (Wildman–Crippen MR) is 86.6 cm³/mol. The topological polar surface area (TPSA) is 55.2 Å². The second-order valence-electron chi connectivity index (χ2n) is 5.13. The van der Waals surface area contributed by atoms with Crippen LogP contribution >= 0.6 is 12.2 Å². The molecule has 0 saturated heterocycles. The van der Waals surface area contributed by atoms with E-state index >= 15 is 0 Å². The molecule has 1 aromatic heterocycles. The first-order valence-electron chi connectivity index (χ1n) is 7.03. The molecule has 0 atom stereocenters. The zero-order valence-electron chi connectivity index (χ0n) is 12.5. The van der Waals surface area contributed by atoms with Crippen LogP contribution < -0.4 is 4.74 Å². The SMILES string of the molecule is CCc1n[nH]c(=S)n1/N=C\c1ccc(OCC(C)C)cc1. The smallest absolute Gasteiger partial charge is 0.216 e. The van der Waals surface area contributed by atoms with Crippen LogP contribution in [-0.2, 0) is 6.42 Å². The molecular weight excluding hydrogens is 284 g/mol. The Morgan fingerprint density at radius 3 is 2.71 bits per heavy atom. The molecule has 1 N–H and O–H groups in total. The van der Waals surface area contributed by atoms with Crippen LogP contribution in [0.4, 0.5) is 0 Å². The van der Waals surface area contributed by atoms with Gasteiger partial charge in [0.2, 0.25) is 4.77 Å². The summed E-state index contributed by atoms with van der Waals surface area (Å²) in [6.45, 7) is 6.98. The molecule has 5 nitrogen and oxygen atoms in total. The highest BCUT2D eigenvalue weighted by Crippen LogP contribution is 2.12. The summed E-state index contributed by atoms with van der Waals surface area (Å²) < 4.78 is 7.78. The number of hydrogen-bond acceptors (Lipinski definition) is 4. The van der Waals surface area contributed by atoms with Gasteiger partial charge in [0.1, 0.15) is 5.75 Å². The van der Waals surface area contributed by atoms with Gasteiger partial charge in [0, 0.05) is 6.42 Å². The number of benzene rings is 1. The third kappa shape index (κ3) is 4.26. The zero-order chi connectivity index (χ0) is 15.2.